The zero-order valence-corrected chi connectivity index (χ0v) is 43.7. The second-order valence-electron chi connectivity index (χ2n) is 19.6. The van der Waals surface area contributed by atoms with Gasteiger partial charge in [0.2, 0.25) is 5.91 Å². The van der Waals surface area contributed by atoms with Gasteiger partial charge in [0, 0.05) is 0 Å². The molecule has 9 N–H and O–H groups in total. The average Bonchev–Trinajstić information content (AvgIpc) is 3.31. The van der Waals surface area contributed by atoms with Crippen LogP contribution in [0.15, 0.2) is 36.5 Å². The van der Waals surface area contributed by atoms with Crippen molar-refractivity contribution in [2.75, 3.05) is 6.61 Å². The number of unbranched alkanes of at least 4 members (excludes halogenated alkanes) is 29. The lowest BCUT2D eigenvalue weighted by molar-refractivity contribution is -0.220. The van der Waals surface area contributed by atoms with Crippen molar-refractivity contribution in [2.24, 2.45) is 0 Å². The number of nitrogens with one attached hydrogen (secondary N) is 1. The number of aliphatic hydroxyl groups is 7. The lowest BCUT2D eigenvalue weighted by Crippen LogP contribution is -2.64. The Hall–Kier alpha value is -1.48. The first-order valence-corrected chi connectivity index (χ1v) is 29.0. The van der Waals surface area contributed by atoms with E-state index in [2.05, 4.69) is 43.5 Å². The van der Waals surface area contributed by atoms with Gasteiger partial charge in [0.15, 0.2) is 0 Å². The van der Waals surface area contributed by atoms with Crippen LogP contribution in [0, 0.1) is 0 Å². The molecule has 0 saturated heterocycles. The summed E-state index contributed by atoms with van der Waals surface area (Å²) >= 11 is 0. The molecule has 14 heteroatoms. The van der Waals surface area contributed by atoms with E-state index in [4.69, 9.17) is 9.05 Å². The van der Waals surface area contributed by atoms with Gasteiger partial charge in [-0.25, -0.2) is 4.57 Å². The zero-order valence-electron chi connectivity index (χ0n) is 42.8. The summed E-state index contributed by atoms with van der Waals surface area (Å²) in [6.45, 7) is 3.76. The summed E-state index contributed by atoms with van der Waals surface area (Å²) in [5.74, 6) is -0.603. The molecule has 1 rings (SSSR count). The van der Waals surface area contributed by atoms with Crippen molar-refractivity contribution in [1.29, 1.82) is 0 Å². The summed E-state index contributed by atoms with van der Waals surface area (Å²) in [6, 6.07) is -1.26. The molecule has 0 spiro atoms. The van der Waals surface area contributed by atoms with Gasteiger partial charge in [-0.05, 0) is 44.9 Å². The molecule has 1 saturated carbocycles. The van der Waals surface area contributed by atoms with E-state index in [1.165, 1.54) is 160 Å². The number of phosphoric ester groups is 1. The number of hydrogen-bond donors (Lipinski definition) is 9. The number of carbonyl (C=O) groups is 1. The molecule has 0 heterocycles. The standard InChI is InChI=1S/C54H102NO12P/c1-3-5-7-9-11-13-15-17-19-21-23-24-25-27-29-31-33-35-37-39-41-45(56)43-48(58)55-46(44-66-68(64,65)67-54-52(62)50(60)49(59)51(61)53(54)63)47(57)42-40-38-36-34-32-30-28-26-22-20-18-16-14-12-10-8-6-4-2/h22,26,32,34,40,42,45-47,49-54,56-57,59-63H,3-21,23-25,27-31,33,35-39,41,43-44H2,1-2H3,(H,55,58)(H,64,65)/b26-22+,34-32+,42-40+. The van der Waals surface area contributed by atoms with E-state index in [-0.39, 0.29) is 6.42 Å². The molecule has 0 bridgehead atoms. The van der Waals surface area contributed by atoms with Crippen LogP contribution >= 0.6 is 7.82 Å². The van der Waals surface area contributed by atoms with Gasteiger partial charge in [0.25, 0.3) is 0 Å². The lowest BCUT2D eigenvalue weighted by atomic mass is 9.85. The van der Waals surface area contributed by atoms with E-state index in [0.29, 0.717) is 19.3 Å². The number of allylic oxidation sites excluding steroid dienone is 5. The van der Waals surface area contributed by atoms with Gasteiger partial charge < -0.3 is 46.0 Å². The fraction of sp³-hybridized carbons (Fsp3) is 0.870. The van der Waals surface area contributed by atoms with Crippen LogP contribution in [0.1, 0.15) is 239 Å². The monoisotopic (exact) mass is 988 g/mol. The average molecular weight is 988 g/mol. The zero-order chi connectivity index (χ0) is 50.1. The summed E-state index contributed by atoms with van der Waals surface area (Å²) in [4.78, 5) is 23.5. The second kappa shape index (κ2) is 43.1. The van der Waals surface area contributed by atoms with Crippen LogP contribution in [0.4, 0.5) is 0 Å². The van der Waals surface area contributed by atoms with Crippen LogP contribution in [0.25, 0.3) is 0 Å². The third kappa shape index (κ3) is 34.0. The Balaban J connectivity index is 2.47. The summed E-state index contributed by atoms with van der Waals surface area (Å²) in [7, 11) is -5.16. The van der Waals surface area contributed by atoms with E-state index in [0.717, 1.165) is 44.9 Å². The molecule has 1 amide bonds. The molecule has 8 unspecified atom stereocenters. The van der Waals surface area contributed by atoms with Crippen molar-refractivity contribution >= 4 is 13.7 Å². The number of carbonyl (C=O) groups excluding carboxylic acids is 1. The number of aliphatic hydroxyl groups excluding tert-OH is 7. The number of hydrogen-bond acceptors (Lipinski definition) is 11. The maximum atomic E-state index is 13.1. The first-order chi connectivity index (χ1) is 32.8. The van der Waals surface area contributed by atoms with Crippen LogP contribution in [-0.4, -0.2) is 108 Å². The van der Waals surface area contributed by atoms with Gasteiger partial charge in [-0.1, -0.05) is 224 Å². The molecular weight excluding hydrogens is 886 g/mol. The number of rotatable bonds is 46. The largest absolute Gasteiger partial charge is 0.472 e. The SMILES string of the molecule is CCCCCCCCCC/C=C/CC/C=C/CC/C=C/C(O)C(COP(=O)(O)OC1C(O)C(O)C(O)C(O)C1O)NC(=O)CC(O)CCCCCCCCCCCCCCCCCCCCCC. The third-order valence-electron chi connectivity index (χ3n) is 13.2. The third-order valence-corrected chi connectivity index (χ3v) is 14.2. The number of phosphoric acid groups is 1. The molecule has 0 aromatic heterocycles. The normalized spacial score (nSPS) is 22.3. The second-order valence-corrected chi connectivity index (χ2v) is 21.0. The van der Waals surface area contributed by atoms with Crippen LogP contribution in [-0.2, 0) is 18.4 Å². The van der Waals surface area contributed by atoms with Gasteiger partial charge in [-0.3, -0.25) is 13.8 Å². The minimum absolute atomic E-state index is 0.253. The highest BCUT2D eigenvalue weighted by Gasteiger charge is 2.51. The summed E-state index contributed by atoms with van der Waals surface area (Å²) in [6.07, 6.45) is 38.0. The Morgan fingerprint density at radius 3 is 1.29 bits per heavy atom. The molecule has 0 aromatic carbocycles. The Kier molecular flexibility index (Phi) is 40.9. The van der Waals surface area contributed by atoms with E-state index in [9.17, 15) is 50.0 Å². The van der Waals surface area contributed by atoms with Crippen molar-refractivity contribution in [3.8, 4) is 0 Å². The quantitative estimate of drug-likeness (QED) is 0.0158. The topological polar surface area (TPSA) is 226 Å². The highest BCUT2D eigenvalue weighted by Crippen LogP contribution is 2.47. The summed E-state index contributed by atoms with van der Waals surface area (Å²) in [5, 5.41) is 74.7. The van der Waals surface area contributed by atoms with E-state index < -0.39 is 75.2 Å². The van der Waals surface area contributed by atoms with E-state index >= 15 is 0 Å². The first kappa shape index (κ1) is 64.5. The predicted octanol–water partition coefficient (Wildman–Crippen LogP) is 10.9. The molecule has 13 nitrogen and oxygen atoms in total. The van der Waals surface area contributed by atoms with Crippen LogP contribution in [0.3, 0.4) is 0 Å². The van der Waals surface area contributed by atoms with Crippen LogP contribution in [0.2, 0.25) is 0 Å². The molecule has 1 fully saturated rings. The van der Waals surface area contributed by atoms with Gasteiger partial charge in [-0.2, -0.15) is 0 Å². The minimum atomic E-state index is -5.16. The molecule has 8 atom stereocenters. The van der Waals surface area contributed by atoms with Crippen LogP contribution in [0.5, 0.6) is 0 Å². The minimum Gasteiger partial charge on any atom is -0.393 e. The highest BCUT2D eigenvalue weighted by atomic mass is 31.2. The Labute approximate surface area is 413 Å². The van der Waals surface area contributed by atoms with Gasteiger partial charge in [0.1, 0.15) is 36.6 Å². The summed E-state index contributed by atoms with van der Waals surface area (Å²) < 4.78 is 22.9. The van der Waals surface area contributed by atoms with Crippen molar-refractivity contribution < 1.29 is 59.0 Å². The van der Waals surface area contributed by atoms with Gasteiger partial charge >= 0.3 is 7.82 Å². The molecule has 68 heavy (non-hydrogen) atoms. The molecule has 0 aromatic rings. The first-order valence-electron chi connectivity index (χ1n) is 27.5. The molecule has 400 valence electrons. The van der Waals surface area contributed by atoms with Crippen molar-refractivity contribution in [1.82, 2.24) is 5.32 Å². The molecule has 0 aliphatic heterocycles. The van der Waals surface area contributed by atoms with E-state index in [1.54, 1.807) is 6.08 Å². The van der Waals surface area contributed by atoms with Crippen LogP contribution < -0.4 is 5.32 Å². The highest BCUT2D eigenvalue weighted by molar-refractivity contribution is 7.47. The van der Waals surface area contributed by atoms with Gasteiger partial charge in [0.05, 0.1) is 31.3 Å². The van der Waals surface area contributed by atoms with Crippen molar-refractivity contribution in [2.45, 2.75) is 293 Å². The van der Waals surface area contributed by atoms with Crippen molar-refractivity contribution in [3.63, 3.8) is 0 Å². The Bertz CT molecular complexity index is 1300. The fourth-order valence-corrected chi connectivity index (χ4v) is 9.71. The predicted molar refractivity (Wildman–Crippen MR) is 275 cm³/mol. The van der Waals surface area contributed by atoms with Gasteiger partial charge in [-0.15, -0.1) is 0 Å². The van der Waals surface area contributed by atoms with Crippen molar-refractivity contribution in [3.05, 3.63) is 36.5 Å². The Morgan fingerprint density at radius 2 is 0.868 bits per heavy atom. The molecule has 0 radical (unpaired) electrons. The number of amides is 1. The molecule has 1 aliphatic carbocycles. The molecule has 1 aliphatic rings. The Morgan fingerprint density at radius 1 is 0.515 bits per heavy atom. The summed E-state index contributed by atoms with van der Waals surface area (Å²) in [5.41, 5.74) is 0. The smallest absolute Gasteiger partial charge is 0.393 e. The maximum absolute atomic E-state index is 13.1. The maximum Gasteiger partial charge on any atom is 0.472 e. The fourth-order valence-electron chi connectivity index (χ4n) is 8.74. The lowest BCUT2D eigenvalue weighted by Gasteiger charge is -2.41. The van der Waals surface area contributed by atoms with E-state index in [1.807, 2.05) is 0 Å². The molecular formula is C54H102NO12P.